The van der Waals surface area contributed by atoms with Crippen LogP contribution in [0, 0.1) is 6.92 Å². The van der Waals surface area contributed by atoms with E-state index >= 15 is 0 Å². The molecule has 14 heavy (non-hydrogen) atoms. The zero-order chi connectivity index (χ0) is 10.6. The Kier molecular flexibility index (Phi) is 4.00. The Morgan fingerprint density at radius 1 is 1.71 bits per heavy atom. The summed E-state index contributed by atoms with van der Waals surface area (Å²) in [5.41, 5.74) is 2.14. The van der Waals surface area contributed by atoms with Gasteiger partial charge in [-0.2, -0.15) is 17.7 Å². The second-order valence-electron chi connectivity index (χ2n) is 3.13. The van der Waals surface area contributed by atoms with Crippen molar-refractivity contribution >= 4 is 18.5 Å². The standard InChI is InChI=1S/C9H15N3OS/c1-7-8(6-11-12(7)2)5-10-9(13)3-4-14/h6,14H,3-5H2,1-2H3,(H,10,13). The molecule has 5 heteroatoms. The summed E-state index contributed by atoms with van der Waals surface area (Å²) >= 11 is 3.99. The fraction of sp³-hybridized carbons (Fsp3) is 0.556. The second kappa shape index (κ2) is 5.05. The van der Waals surface area contributed by atoms with E-state index in [0.717, 1.165) is 11.3 Å². The van der Waals surface area contributed by atoms with Gasteiger partial charge in [-0.05, 0) is 12.7 Å². The monoisotopic (exact) mass is 213 g/mol. The first-order valence-electron chi connectivity index (χ1n) is 4.50. The van der Waals surface area contributed by atoms with E-state index in [9.17, 15) is 4.79 Å². The van der Waals surface area contributed by atoms with Crippen molar-refractivity contribution in [2.75, 3.05) is 5.75 Å². The van der Waals surface area contributed by atoms with E-state index in [1.54, 1.807) is 10.9 Å². The Balaban J connectivity index is 2.46. The van der Waals surface area contributed by atoms with Gasteiger partial charge in [0.15, 0.2) is 0 Å². The van der Waals surface area contributed by atoms with Gasteiger partial charge in [-0.15, -0.1) is 0 Å². The molecule has 1 heterocycles. The molecular formula is C9H15N3OS. The van der Waals surface area contributed by atoms with Crippen LogP contribution >= 0.6 is 12.6 Å². The molecule has 1 aromatic rings. The molecule has 1 rings (SSSR count). The average molecular weight is 213 g/mol. The highest BCUT2D eigenvalue weighted by Crippen LogP contribution is 2.04. The van der Waals surface area contributed by atoms with Crippen LogP contribution in [0.15, 0.2) is 6.20 Å². The van der Waals surface area contributed by atoms with Crippen molar-refractivity contribution in [1.29, 1.82) is 0 Å². The van der Waals surface area contributed by atoms with Crippen molar-refractivity contribution in [3.8, 4) is 0 Å². The van der Waals surface area contributed by atoms with Crippen LogP contribution in [0.25, 0.3) is 0 Å². The van der Waals surface area contributed by atoms with E-state index in [4.69, 9.17) is 0 Å². The molecule has 4 nitrogen and oxygen atoms in total. The van der Waals surface area contributed by atoms with E-state index in [1.807, 2.05) is 14.0 Å². The topological polar surface area (TPSA) is 46.9 Å². The fourth-order valence-electron chi connectivity index (χ4n) is 1.10. The highest BCUT2D eigenvalue weighted by atomic mass is 32.1. The molecule has 0 radical (unpaired) electrons. The number of nitrogens with one attached hydrogen (secondary N) is 1. The number of carbonyl (C=O) groups excluding carboxylic acids is 1. The fourth-order valence-corrected chi connectivity index (χ4v) is 1.30. The van der Waals surface area contributed by atoms with Crippen molar-refractivity contribution in [1.82, 2.24) is 15.1 Å². The molecule has 0 atom stereocenters. The van der Waals surface area contributed by atoms with Crippen molar-refractivity contribution in [3.05, 3.63) is 17.5 Å². The van der Waals surface area contributed by atoms with Crippen LogP contribution in [0.3, 0.4) is 0 Å². The highest BCUT2D eigenvalue weighted by Gasteiger charge is 2.04. The molecule has 1 N–H and O–H groups in total. The number of rotatable bonds is 4. The Hall–Kier alpha value is -0.970. The maximum atomic E-state index is 11.1. The van der Waals surface area contributed by atoms with Crippen LogP contribution in [0.2, 0.25) is 0 Å². The molecule has 0 aliphatic rings. The first-order chi connectivity index (χ1) is 6.65. The Morgan fingerprint density at radius 3 is 2.93 bits per heavy atom. The van der Waals surface area contributed by atoms with E-state index < -0.39 is 0 Å². The predicted octanol–water partition coefficient (Wildman–Crippen LogP) is 0.665. The molecular weight excluding hydrogens is 198 g/mol. The Labute approximate surface area is 89.1 Å². The predicted molar refractivity (Wildman–Crippen MR) is 58.3 cm³/mol. The molecule has 0 bridgehead atoms. The minimum atomic E-state index is 0.0308. The zero-order valence-electron chi connectivity index (χ0n) is 8.45. The lowest BCUT2D eigenvalue weighted by molar-refractivity contribution is -0.120. The number of aryl methyl sites for hydroxylation is 1. The van der Waals surface area contributed by atoms with Gasteiger partial charge in [0.1, 0.15) is 0 Å². The minimum Gasteiger partial charge on any atom is -0.352 e. The van der Waals surface area contributed by atoms with E-state index in [1.165, 1.54) is 0 Å². The third-order valence-corrected chi connectivity index (χ3v) is 2.38. The summed E-state index contributed by atoms with van der Waals surface area (Å²) in [6.07, 6.45) is 2.23. The van der Waals surface area contributed by atoms with Crippen LogP contribution in [0.1, 0.15) is 17.7 Å². The normalized spacial score (nSPS) is 10.2. The third kappa shape index (κ3) is 2.77. The molecule has 0 spiro atoms. The summed E-state index contributed by atoms with van der Waals surface area (Å²) < 4.78 is 1.79. The molecule has 0 saturated carbocycles. The summed E-state index contributed by atoms with van der Waals surface area (Å²) in [6, 6.07) is 0. The van der Waals surface area contributed by atoms with Gasteiger partial charge in [-0.1, -0.05) is 0 Å². The zero-order valence-corrected chi connectivity index (χ0v) is 9.34. The van der Waals surface area contributed by atoms with Gasteiger partial charge in [0, 0.05) is 31.3 Å². The minimum absolute atomic E-state index is 0.0308. The van der Waals surface area contributed by atoms with Crippen LogP contribution in [-0.2, 0) is 18.4 Å². The number of thiol groups is 1. The van der Waals surface area contributed by atoms with Crippen LogP contribution in [-0.4, -0.2) is 21.4 Å². The number of aromatic nitrogens is 2. The first kappa shape index (κ1) is 11.1. The van der Waals surface area contributed by atoms with E-state index in [-0.39, 0.29) is 5.91 Å². The molecule has 0 aliphatic carbocycles. The molecule has 0 unspecified atom stereocenters. The molecule has 1 amide bonds. The molecule has 0 aliphatic heterocycles. The van der Waals surface area contributed by atoms with Crippen molar-refractivity contribution in [2.45, 2.75) is 19.9 Å². The van der Waals surface area contributed by atoms with Gasteiger partial charge in [-0.3, -0.25) is 9.48 Å². The van der Waals surface area contributed by atoms with E-state index in [2.05, 4.69) is 23.0 Å². The third-order valence-electron chi connectivity index (χ3n) is 2.15. The second-order valence-corrected chi connectivity index (χ2v) is 3.58. The molecule has 78 valence electrons. The van der Waals surface area contributed by atoms with Crippen molar-refractivity contribution in [2.24, 2.45) is 7.05 Å². The number of hydrogen-bond acceptors (Lipinski definition) is 3. The highest BCUT2D eigenvalue weighted by molar-refractivity contribution is 7.80. The average Bonchev–Trinajstić information content (AvgIpc) is 2.46. The Bertz CT molecular complexity index is 322. The molecule has 0 fully saturated rings. The quantitative estimate of drug-likeness (QED) is 0.722. The summed E-state index contributed by atoms with van der Waals surface area (Å²) in [5, 5.41) is 6.90. The van der Waals surface area contributed by atoms with Gasteiger partial charge in [0.25, 0.3) is 0 Å². The Morgan fingerprint density at radius 2 is 2.43 bits per heavy atom. The van der Waals surface area contributed by atoms with Crippen LogP contribution in [0.5, 0.6) is 0 Å². The van der Waals surface area contributed by atoms with Crippen LogP contribution < -0.4 is 5.32 Å². The summed E-state index contributed by atoms with van der Waals surface area (Å²) in [6.45, 7) is 2.53. The first-order valence-corrected chi connectivity index (χ1v) is 5.13. The number of carbonyl (C=O) groups is 1. The number of nitrogens with zero attached hydrogens (tertiary/aromatic N) is 2. The van der Waals surface area contributed by atoms with Crippen molar-refractivity contribution < 1.29 is 4.79 Å². The molecule has 1 aromatic heterocycles. The van der Waals surface area contributed by atoms with Gasteiger partial charge in [0.2, 0.25) is 5.91 Å². The van der Waals surface area contributed by atoms with Gasteiger partial charge in [-0.25, -0.2) is 0 Å². The summed E-state index contributed by atoms with van der Waals surface area (Å²) in [5.74, 6) is 0.612. The van der Waals surface area contributed by atoms with Gasteiger partial charge >= 0.3 is 0 Å². The number of amides is 1. The maximum absolute atomic E-state index is 11.1. The van der Waals surface area contributed by atoms with Crippen molar-refractivity contribution in [3.63, 3.8) is 0 Å². The van der Waals surface area contributed by atoms with Gasteiger partial charge in [0.05, 0.1) is 6.20 Å². The van der Waals surface area contributed by atoms with Crippen LogP contribution in [0.4, 0.5) is 0 Å². The van der Waals surface area contributed by atoms with E-state index in [0.29, 0.717) is 18.7 Å². The largest absolute Gasteiger partial charge is 0.352 e. The SMILES string of the molecule is Cc1c(CNC(=O)CCS)cnn1C. The summed E-state index contributed by atoms with van der Waals surface area (Å²) in [4.78, 5) is 11.1. The summed E-state index contributed by atoms with van der Waals surface area (Å²) in [7, 11) is 1.88. The molecule has 0 aromatic carbocycles. The molecule has 0 saturated heterocycles. The smallest absolute Gasteiger partial charge is 0.221 e. The number of hydrogen-bond donors (Lipinski definition) is 2. The lowest BCUT2D eigenvalue weighted by Gasteiger charge is -2.03. The lowest BCUT2D eigenvalue weighted by Crippen LogP contribution is -2.23. The lowest BCUT2D eigenvalue weighted by atomic mass is 10.2. The van der Waals surface area contributed by atoms with Gasteiger partial charge < -0.3 is 5.32 Å². The maximum Gasteiger partial charge on any atom is 0.221 e.